The minimum Gasteiger partial charge on any atom is -0.355 e. The van der Waals surface area contributed by atoms with Crippen LogP contribution in [0.25, 0.3) is 0 Å². The van der Waals surface area contributed by atoms with Crippen molar-refractivity contribution in [3.8, 4) is 0 Å². The molecule has 17 heavy (non-hydrogen) atoms. The van der Waals surface area contributed by atoms with E-state index in [0.717, 1.165) is 25.7 Å². The summed E-state index contributed by atoms with van der Waals surface area (Å²) in [5.41, 5.74) is 6.03. The van der Waals surface area contributed by atoms with Crippen molar-refractivity contribution < 1.29 is 9.00 Å². The van der Waals surface area contributed by atoms with E-state index in [1.54, 1.807) is 6.26 Å². The first-order valence-electron chi connectivity index (χ1n) is 6.38. The molecule has 4 nitrogen and oxygen atoms in total. The van der Waals surface area contributed by atoms with Crippen LogP contribution >= 0.6 is 0 Å². The summed E-state index contributed by atoms with van der Waals surface area (Å²) in [7, 11) is -0.890. The van der Waals surface area contributed by atoms with Crippen LogP contribution in [-0.4, -0.2) is 34.2 Å². The van der Waals surface area contributed by atoms with E-state index in [2.05, 4.69) is 5.32 Å². The molecule has 0 spiro atoms. The largest absolute Gasteiger partial charge is 0.355 e. The van der Waals surface area contributed by atoms with Crippen LogP contribution in [0.4, 0.5) is 0 Å². The lowest BCUT2D eigenvalue weighted by Gasteiger charge is -2.21. The van der Waals surface area contributed by atoms with Gasteiger partial charge in [-0.1, -0.05) is 19.3 Å². The third-order valence-electron chi connectivity index (χ3n) is 3.54. The normalized spacial score (nSPS) is 29.1. The lowest BCUT2D eigenvalue weighted by Crippen LogP contribution is -2.43. The number of rotatable bonds is 4. The first kappa shape index (κ1) is 14.6. The van der Waals surface area contributed by atoms with Crippen LogP contribution in [-0.2, 0) is 15.6 Å². The van der Waals surface area contributed by atoms with Gasteiger partial charge in [0.25, 0.3) is 0 Å². The summed E-state index contributed by atoms with van der Waals surface area (Å²) in [4.78, 5) is 12.0. The third-order valence-corrected chi connectivity index (χ3v) is 4.84. The molecule has 0 aliphatic heterocycles. The standard InChI is InChI=1S/C12H24N2O2S/c1-9(17(2)16)8-14-12(15)10-6-4-3-5-7-11(10)13/h9-11H,3-8,13H2,1-2H3,(H,14,15). The number of nitrogens with one attached hydrogen (secondary N) is 1. The van der Waals surface area contributed by atoms with Crippen molar-refractivity contribution in [2.24, 2.45) is 11.7 Å². The molecule has 1 amide bonds. The monoisotopic (exact) mass is 260 g/mol. The number of nitrogens with two attached hydrogens (primary N) is 1. The predicted molar refractivity (Wildman–Crippen MR) is 71.1 cm³/mol. The minimum atomic E-state index is -0.890. The molecule has 1 aliphatic rings. The average molecular weight is 260 g/mol. The number of hydrogen-bond donors (Lipinski definition) is 2. The Morgan fingerprint density at radius 3 is 2.71 bits per heavy atom. The van der Waals surface area contributed by atoms with Crippen molar-refractivity contribution in [2.75, 3.05) is 12.8 Å². The molecule has 0 aromatic carbocycles. The highest BCUT2D eigenvalue weighted by molar-refractivity contribution is 7.84. The molecule has 0 bridgehead atoms. The second kappa shape index (κ2) is 7.11. The topological polar surface area (TPSA) is 72.2 Å². The molecule has 1 fully saturated rings. The Bertz CT molecular complexity index is 284. The van der Waals surface area contributed by atoms with Crippen molar-refractivity contribution in [3.63, 3.8) is 0 Å². The first-order valence-corrected chi connectivity index (χ1v) is 8.00. The Balaban J connectivity index is 2.42. The van der Waals surface area contributed by atoms with Crippen LogP contribution in [0, 0.1) is 5.92 Å². The van der Waals surface area contributed by atoms with Crippen molar-refractivity contribution in [1.82, 2.24) is 5.32 Å². The highest BCUT2D eigenvalue weighted by atomic mass is 32.2. The lowest BCUT2D eigenvalue weighted by atomic mass is 9.94. The number of hydrogen-bond acceptors (Lipinski definition) is 3. The highest BCUT2D eigenvalue weighted by Gasteiger charge is 2.27. The van der Waals surface area contributed by atoms with Gasteiger partial charge in [0, 0.05) is 34.9 Å². The molecule has 4 unspecified atom stereocenters. The number of carbonyl (C=O) groups is 1. The summed E-state index contributed by atoms with van der Waals surface area (Å²) in [6.07, 6.45) is 6.87. The molecule has 1 aliphatic carbocycles. The number of carbonyl (C=O) groups excluding carboxylic acids is 1. The molecule has 0 aromatic rings. The highest BCUT2D eigenvalue weighted by Crippen LogP contribution is 2.22. The van der Waals surface area contributed by atoms with Crippen LogP contribution in [0.3, 0.4) is 0 Å². The Kier molecular flexibility index (Phi) is 6.12. The maximum absolute atomic E-state index is 12.0. The zero-order chi connectivity index (χ0) is 12.8. The Hall–Kier alpha value is -0.420. The van der Waals surface area contributed by atoms with Crippen LogP contribution in [0.1, 0.15) is 39.0 Å². The van der Waals surface area contributed by atoms with Gasteiger partial charge < -0.3 is 11.1 Å². The van der Waals surface area contributed by atoms with Gasteiger partial charge in [0.15, 0.2) is 0 Å². The second-order valence-electron chi connectivity index (χ2n) is 4.96. The van der Waals surface area contributed by atoms with Gasteiger partial charge in [-0.25, -0.2) is 0 Å². The first-order chi connectivity index (χ1) is 8.02. The summed E-state index contributed by atoms with van der Waals surface area (Å²) in [5.74, 6) is -0.0216. The van der Waals surface area contributed by atoms with Gasteiger partial charge in [0.2, 0.25) is 5.91 Å². The van der Waals surface area contributed by atoms with Gasteiger partial charge in [0.05, 0.1) is 5.92 Å². The fraction of sp³-hybridized carbons (Fsp3) is 0.917. The van der Waals surface area contributed by atoms with Gasteiger partial charge >= 0.3 is 0 Å². The van der Waals surface area contributed by atoms with Gasteiger partial charge in [0.1, 0.15) is 0 Å². The second-order valence-corrected chi connectivity index (χ2v) is 6.76. The van der Waals surface area contributed by atoms with Crippen LogP contribution in [0.15, 0.2) is 0 Å². The quantitative estimate of drug-likeness (QED) is 0.734. The van der Waals surface area contributed by atoms with Crippen molar-refractivity contribution in [3.05, 3.63) is 0 Å². The molecular weight excluding hydrogens is 236 g/mol. The maximum atomic E-state index is 12.0. The van der Waals surface area contributed by atoms with E-state index in [4.69, 9.17) is 5.73 Å². The van der Waals surface area contributed by atoms with Crippen LogP contribution in [0.5, 0.6) is 0 Å². The molecule has 0 heterocycles. The lowest BCUT2D eigenvalue weighted by molar-refractivity contribution is -0.125. The maximum Gasteiger partial charge on any atom is 0.224 e. The summed E-state index contributed by atoms with van der Waals surface area (Å²) < 4.78 is 11.2. The van der Waals surface area contributed by atoms with E-state index in [-0.39, 0.29) is 23.1 Å². The fourth-order valence-corrected chi connectivity index (χ4v) is 2.47. The van der Waals surface area contributed by atoms with Gasteiger partial charge in [-0.2, -0.15) is 0 Å². The van der Waals surface area contributed by atoms with Crippen molar-refractivity contribution in [1.29, 1.82) is 0 Å². The number of amides is 1. The molecule has 5 heteroatoms. The van der Waals surface area contributed by atoms with E-state index in [1.807, 2.05) is 6.92 Å². The molecule has 4 atom stereocenters. The molecule has 1 saturated carbocycles. The Morgan fingerprint density at radius 1 is 1.41 bits per heavy atom. The summed E-state index contributed by atoms with van der Waals surface area (Å²) in [6.45, 7) is 2.36. The Labute approximate surface area is 106 Å². The molecule has 1 rings (SSSR count). The van der Waals surface area contributed by atoms with E-state index in [9.17, 15) is 9.00 Å². The smallest absolute Gasteiger partial charge is 0.224 e. The molecule has 3 N–H and O–H groups in total. The average Bonchev–Trinajstić information content (AvgIpc) is 2.50. The molecule has 0 saturated heterocycles. The predicted octanol–water partition coefficient (Wildman–Crippen LogP) is 0.777. The zero-order valence-corrected chi connectivity index (χ0v) is 11.6. The molecule has 0 aromatic heterocycles. The minimum absolute atomic E-state index is 0.000882. The summed E-state index contributed by atoms with van der Waals surface area (Å²) in [5, 5.41) is 2.88. The zero-order valence-electron chi connectivity index (χ0n) is 10.8. The van der Waals surface area contributed by atoms with Crippen LogP contribution < -0.4 is 11.1 Å². The van der Waals surface area contributed by atoms with E-state index < -0.39 is 10.8 Å². The van der Waals surface area contributed by atoms with Gasteiger partial charge in [-0.3, -0.25) is 9.00 Å². The molecule has 0 radical (unpaired) electrons. The van der Waals surface area contributed by atoms with Gasteiger partial charge in [-0.05, 0) is 19.8 Å². The summed E-state index contributed by atoms with van der Waals surface area (Å²) in [6, 6.07) is -0.0140. The summed E-state index contributed by atoms with van der Waals surface area (Å²) >= 11 is 0. The SMILES string of the molecule is CC(CNC(=O)C1CCCCCC1N)S(C)=O. The molecule has 100 valence electrons. The Morgan fingerprint density at radius 2 is 2.06 bits per heavy atom. The van der Waals surface area contributed by atoms with Gasteiger partial charge in [-0.15, -0.1) is 0 Å². The van der Waals surface area contributed by atoms with Crippen molar-refractivity contribution >= 4 is 16.7 Å². The van der Waals surface area contributed by atoms with E-state index in [0.29, 0.717) is 6.54 Å². The van der Waals surface area contributed by atoms with Crippen LogP contribution in [0.2, 0.25) is 0 Å². The van der Waals surface area contributed by atoms with Crippen molar-refractivity contribution in [2.45, 2.75) is 50.3 Å². The molecular formula is C12H24N2O2S. The van der Waals surface area contributed by atoms with E-state index >= 15 is 0 Å². The van der Waals surface area contributed by atoms with E-state index in [1.165, 1.54) is 6.42 Å². The third kappa shape index (κ3) is 4.76. The fourth-order valence-electron chi connectivity index (χ4n) is 2.15.